The number of anilines is 3. The van der Waals surface area contributed by atoms with Crippen LogP contribution >= 0.6 is 11.6 Å². The molecule has 0 aliphatic carbocycles. The second kappa shape index (κ2) is 8.06. The maximum Gasteiger partial charge on any atom is 0.136 e. The summed E-state index contributed by atoms with van der Waals surface area (Å²) < 4.78 is 5.18. The summed E-state index contributed by atoms with van der Waals surface area (Å²) in [5.74, 6) is 3.04. The summed E-state index contributed by atoms with van der Waals surface area (Å²) in [7, 11) is 1.66. The average Bonchev–Trinajstić information content (AvgIpc) is 2.62. The first-order chi connectivity index (χ1) is 12.5. The van der Waals surface area contributed by atoms with Gasteiger partial charge in [-0.15, -0.1) is 0 Å². The highest BCUT2D eigenvalue weighted by Crippen LogP contribution is 2.24. The van der Waals surface area contributed by atoms with E-state index in [1.54, 1.807) is 7.11 Å². The zero-order valence-corrected chi connectivity index (χ0v) is 15.8. The molecule has 0 bridgehead atoms. The average molecular weight is 369 g/mol. The monoisotopic (exact) mass is 368 g/mol. The van der Waals surface area contributed by atoms with Crippen molar-refractivity contribution >= 4 is 28.9 Å². The molecule has 0 aliphatic heterocycles. The summed E-state index contributed by atoms with van der Waals surface area (Å²) in [4.78, 5) is 8.91. The molecule has 3 rings (SSSR count). The summed E-state index contributed by atoms with van der Waals surface area (Å²) >= 11 is 6.02. The second-order valence-corrected chi connectivity index (χ2v) is 6.41. The Morgan fingerprint density at radius 2 is 1.69 bits per heavy atom. The standard InChI is InChI=1S/C20H21ClN4O/c1-13-10-16(21)6-9-18(13)25-20-11-19(23-14(2)24-20)22-12-15-4-7-17(26-3)8-5-15/h4-11H,12H2,1-3H3,(H2,22,23,24,25). The lowest BCUT2D eigenvalue weighted by atomic mass is 10.2. The quantitative estimate of drug-likeness (QED) is 0.633. The van der Waals surface area contributed by atoms with Crippen molar-refractivity contribution in [1.82, 2.24) is 9.97 Å². The first-order valence-corrected chi connectivity index (χ1v) is 8.67. The topological polar surface area (TPSA) is 59.1 Å². The van der Waals surface area contributed by atoms with Gasteiger partial charge in [-0.2, -0.15) is 0 Å². The molecule has 0 saturated heterocycles. The molecule has 2 aromatic carbocycles. The number of hydrogen-bond donors (Lipinski definition) is 2. The van der Waals surface area contributed by atoms with Gasteiger partial charge in [-0.25, -0.2) is 9.97 Å². The highest BCUT2D eigenvalue weighted by atomic mass is 35.5. The van der Waals surface area contributed by atoms with Crippen LogP contribution in [0.2, 0.25) is 5.02 Å². The van der Waals surface area contributed by atoms with Crippen molar-refractivity contribution in [3.63, 3.8) is 0 Å². The maximum absolute atomic E-state index is 6.02. The Morgan fingerprint density at radius 1 is 0.962 bits per heavy atom. The predicted molar refractivity (Wildman–Crippen MR) is 107 cm³/mol. The van der Waals surface area contributed by atoms with Crippen molar-refractivity contribution < 1.29 is 4.74 Å². The molecule has 0 unspecified atom stereocenters. The largest absolute Gasteiger partial charge is 0.497 e. The van der Waals surface area contributed by atoms with Crippen LogP contribution in [-0.4, -0.2) is 17.1 Å². The van der Waals surface area contributed by atoms with E-state index in [9.17, 15) is 0 Å². The molecule has 0 radical (unpaired) electrons. The van der Waals surface area contributed by atoms with Gasteiger partial charge in [0.1, 0.15) is 23.2 Å². The van der Waals surface area contributed by atoms with Crippen LogP contribution in [0.3, 0.4) is 0 Å². The van der Waals surface area contributed by atoms with E-state index in [0.29, 0.717) is 17.4 Å². The molecule has 3 aromatic rings. The van der Waals surface area contributed by atoms with Gasteiger partial charge in [-0.1, -0.05) is 23.7 Å². The fourth-order valence-electron chi connectivity index (χ4n) is 2.56. The van der Waals surface area contributed by atoms with Crippen LogP contribution in [0.5, 0.6) is 5.75 Å². The second-order valence-electron chi connectivity index (χ2n) is 5.97. The SMILES string of the molecule is COc1ccc(CNc2cc(Nc3ccc(Cl)cc3C)nc(C)n2)cc1. The van der Waals surface area contributed by atoms with Gasteiger partial charge in [0.2, 0.25) is 0 Å². The molecule has 0 atom stereocenters. The lowest BCUT2D eigenvalue weighted by Crippen LogP contribution is -2.05. The van der Waals surface area contributed by atoms with E-state index >= 15 is 0 Å². The third kappa shape index (κ3) is 4.64. The van der Waals surface area contributed by atoms with Crippen molar-refractivity contribution in [2.45, 2.75) is 20.4 Å². The number of aryl methyl sites for hydroxylation is 2. The lowest BCUT2D eigenvalue weighted by Gasteiger charge is -2.12. The number of hydrogen-bond acceptors (Lipinski definition) is 5. The molecule has 5 nitrogen and oxygen atoms in total. The van der Waals surface area contributed by atoms with Crippen LogP contribution in [0.15, 0.2) is 48.5 Å². The summed E-state index contributed by atoms with van der Waals surface area (Å²) in [5, 5.41) is 7.38. The van der Waals surface area contributed by atoms with E-state index in [2.05, 4.69) is 20.6 Å². The van der Waals surface area contributed by atoms with Crippen LogP contribution in [0.4, 0.5) is 17.3 Å². The third-order valence-corrected chi connectivity index (χ3v) is 4.16. The molecule has 0 spiro atoms. The Labute approximate surface area is 158 Å². The minimum absolute atomic E-state index is 0.667. The minimum Gasteiger partial charge on any atom is -0.497 e. The maximum atomic E-state index is 6.02. The lowest BCUT2D eigenvalue weighted by molar-refractivity contribution is 0.414. The molecule has 26 heavy (non-hydrogen) atoms. The molecular weight excluding hydrogens is 348 g/mol. The van der Waals surface area contributed by atoms with Crippen LogP contribution < -0.4 is 15.4 Å². The van der Waals surface area contributed by atoms with Crippen LogP contribution in [-0.2, 0) is 6.54 Å². The van der Waals surface area contributed by atoms with E-state index in [-0.39, 0.29) is 0 Å². The number of nitrogens with one attached hydrogen (secondary N) is 2. The van der Waals surface area contributed by atoms with Gasteiger partial charge in [0.25, 0.3) is 0 Å². The molecule has 6 heteroatoms. The number of methoxy groups -OCH3 is 1. The Balaban J connectivity index is 1.72. The van der Waals surface area contributed by atoms with Crippen LogP contribution in [0.25, 0.3) is 0 Å². The van der Waals surface area contributed by atoms with Gasteiger partial charge in [0, 0.05) is 23.3 Å². The van der Waals surface area contributed by atoms with Crippen molar-refractivity contribution in [2.24, 2.45) is 0 Å². The highest BCUT2D eigenvalue weighted by Gasteiger charge is 2.05. The van der Waals surface area contributed by atoms with Gasteiger partial charge in [0.05, 0.1) is 7.11 Å². The third-order valence-electron chi connectivity index (χ3n) is 3.92. The van der Waals surface area contributed by atoms with Crippen molar-refractivity contribution in [2.75, 3.05) is 17.7 Å². The normalized spacial score (nSPS) is 10.5. The number of rotatable bonds is 6. The predicted octanol–water partition coefficient (Wildman–Crippen LogP) is 5.11. The summed E-state index contributed by atoms with van der Waals surface area (Å²) in [6.45, 7) is 4.55. The summed E-state index contributed by atoms with van der Waals surface area (Å²) in [6.07, 6.45) is 0. The van der Waals surface area contributed by atoms with Crippen molar-refractivity contribution in [1.29, 1.82) is 0 Å². The molecule has 0 aliphatic rings. The number of ether oxygens (including phenoxy) is 1. The first kappa shape index (κ1) is 18.0. The Morgan fingerprint density at radius 3 is 2.38 bits per heavy atom. The van der Waals surface area contributed by atoms with E-state index in [0.717, 1.165) is 34.2 Å². The highest BCUT2D eigenvalue weighted by molar-refractivity contribution is 6.30. The molecule has 1 heterocycles. The molecule has 1 aromatic heterocycles. The van der Waals surface area contributed by atoms with E-state index in [1.165, 1.54) is 0 Å². The molecule has 134 valence electrons. The van der Waals surface area contributed by atoms with E-state index in [1.807, 2.05) is 62.4 Å². The van der Waals surface area contributed by atoms with Crippen molar-refractivity contribution in [3.05, 3.63) is 70.5 Å². The number of nitrogens with zero attached hydrogens (tertiary/aromatic N) is 2. The fraction of sp³-hybridized carbons (Fsp3) is 0.200. The number of benzene rings is 2. The fourth-order valence-corrected chi connectivity index (χ4v) is 2.79. The zero-order valence-electron chi connectivity index (χ0n) is 15.0. The minimum atomic E-state index is 0.667. The Kier molecular flexibility index (Phi) is 5.58. The Hall–Kier alpha value is -2.79. The first-order valence-electron chi connectivity index (χ1n) is 8.29. The van der Waals surface area contributed by atoms with Gasteiger partial charge in [-0.3, -0.25) is 0 Å². The summed E-state index contributed by atoms with van der Waals surface area (Å²) in [6, 6.07) is 15.5. The molecule has 0 saturated carbocycles. The van der Waals surface area contributed by atoms with Crippen LogP contribution in [0, 0.1) is 13.8 Å². The number of aromatic nitrogens is 2. The Bertz CT molecular complexity index is 897. The molecule has 2 N–H and O–H groups in total. The molecule has 0 amide bonds. The van der Waals surface area contributed by atoms with Gasteiger partial charge in [0.15, 0.2) is 0 Å². The zero-order chi connectivity index (χ0) is 18.5. The van der Waals surface area contributed by atoms with E-state index in [4.69, 9.17) is 16.3 Å². The van der Waals surface area contributed by atoms with Gasteiger partial charge < -0.3 is 15.4 Å². The smallest absolute Gasteiger partial charge is 0.136 e. The molecular formula is C20H21ClN4O. The van der Waals surface area contributed by atoms with E-state index < -0.39 is 0 Å². The number of halogens is 1. The molecule has 0 fully saturated rings. The van der Waals surface area contributed by atoms with Crippen LogP contribution in [0.1, 0.15) is 17.0 Å². The van der Waals surface area contributed by atoms with Gasteiger partial charge in [-0.05, 0) is 55.3 Å². The van der Waals surface area contributed by atoms with Crippen molar-refractivity contribution in [3.8, 4) is 5.75 Å². The summed E-state index contributed by atoms with van der Waals surface area (Å²) in [5.41, 5.74) is 3.17. The van der Waals surface area contributed by atoms with Gasteiger partial charge >= 0.3 is 0 Å².